The van der Waals surface area contributed by atoms with E-state index < -0.39 is 0 Å². The Balaban J connectivity index is 1.15. The number of carbonyl (C=O) groups excluding carboxylic acids is 2. The number of carbonyl (C=O) groups is 2. The first-order valence-electron chi connectivity index (χ1n) is 11.8. The van der Waals surface area contributed by atoms with Gasteiger partial charge in [-0.1, -0.05) is 15.9 Å². The van der Waals surface area contributed by atoms with E-state index in [1.165, 1.54) is 38.5 Å². The number of rotatable bonds is 4. The van der Waals surface area contributed by atoms with E-state index in [1.54, 1.807) is 0 Å². The van der Waals surface area contributed by atoms with Crippen LogP contribution in [0.25, 0.3) is 0 Å². The van der Waals surface area contributed by atoms with Crippen molar-refractivity contribution in [3.05, 3.63) is 34.3 Å². The van der Waals surface area contributed by atoms with Crippen LogP contribution < -0.4 is 5.32 Å². The van der Waals surface area contributed by atoms with Crippen LogP contribution in [0, 0.1) is 29.1 Å². The molecule has 4 saturated carbocycles. The van der Waals surface area contributed by atoms with E-state index in [-0.39, 0.29) is 23.8 Å². The van der Waals surface area contributed by atoms with Crippen molar-refractivity contribution in [2.45, 2.75) is 64.3 Å². The third-order valence-electron chi connectivity index (χ3n) is 8.61. The molecule has 4 bridgehead atoms. The summed E-state index contributed by atoms with van der Waals surface area (Å²) in [7, 11) is 0. The highest BCUT2D eigenvalue weighted by molar-refractivity contribution is 9.10. The highest BCUT2D eigenvalue weighted by atomic mass is 79.9. The van der Waals surface area contributed by atoms with Crippen molar-refractivity contribution in [1.82, 2.24) is 10.2 Å². The Kier molecular flexibility index (Phi) is 5.45. The second-order valence-corrected chi connectivity index (χ2v) is 11.5. The van der Waals surface area contributed by atoms with Gasteiger partial charge in [0, 0.05) is 35.1 Å². The number of benzene rings is 1. The molecule has 1 aromatic carbocycles. The second-order valence-electron chi connectivity index (χ2n) is 10.6. The fourth-order valence-electron chi connectivity index (χ4n) is 7.31. The van der Waals surface area contributed by atoms with Crippen LogP contribution in [0.3, 0.4) is 0 Å². The maximum Gasteiger partial charge on any atom is 0.253 e. The molecule has 0 aromatic heterocycles. The molecule has 1 atom stereocenters. The lowest BCUT2D eigenvalue weighted by Crippen LogP contribution is -2.56. The molecular formula is C25H33BrN2O2. The predicted octanol–water partition coefficient (Wildman–Crippen LogP) is 5.02. The van der Waals surface area contributed by atoms with Gasteiger partial charge >= 0.3 is 0 Å². The van der Waals surface area contributed by atoms with Gasteiger partial charge in [0.15, 0.2) is 0 Å². The van der Waals surface area contributed by atoms with Crippen LogP contribution in [0.5, 0.6) is 0 Å². The van der Waals surface area contributed by atoms with Crippen LogP contribution >= 0.6 is 15.9 Å². The molecule has 4 aliphatic carbocycles. The fourth-order valence-corrected chi connectivity index (χ4v) is 7.58. The highest BCUT2D eigenvalue weighted by Crippen LogP contribution is 2.61. The van der Waals surface area contributed by atoms with Gasteiger partial charge in [0.05, 0.1) is 0 Å². The Bertz CT molecular complexity index is 778. The van der Waals surface area contributed by atoms with E-state index in [0.717, 1.165) is 40.6 Å². The van der Waals surface area contributed by atoms with Crippen molar-refractivity contribution in [1.29, 1.82) is 0 Å². The first kappa shape index (κ1) is 20.5. The molecule has 1 heterocycles. The molecule has 30 heavy (non-hydrogen) atoms. The van der Waals surface area contributed by atoms with Gasteiger partial charge in [0.2, 0.25) is 5.91 Å². The zero-order valence-corrected chi connectivity index (χ0v) is 19.5. The predicted molar refractivity (Wildman–Crippen MR) is 121 cm³/mol. The Morgan fingerprint density at radius 2 is 1.53 bits per heavy atom. The molecule has 0 unspecified atom stereocenters. The van der Waals surface area contributed by atoms with E-state index in [1.807, 2.05) is 29.2 Å². The number of nitrogens with zero attached hydrogens (tertiary/aromatic N) is 1. The van der Waals surface area contributed by atoms with Crippen molar-refractivity contribution in [2.24, 2.45) is 29.1 Å². The standard InChI is InChI=1S/C25H33BrN2O2/c1-16(25-13-17-10-18(14-25)12-19(11-17)15-25)27-23(29)20-6-8-28(9-7-20)24(30)21-2-4-22(26)5-3-21/h2-5,16-20H,6-15H2,1H3,(H,27,29)/t16-,17?,18?,19?,25?/m1/s1. The Morgan fingerprint density at radius 3 is 2.07 bits per heavy atom. The molecule has 5 fully saturated rings. The van der Waals surface area contributed by atoms with Gasteiger partial charge in [-0.05, 0) is 106 Å². The van der Waals surface area contributed by atoms with Crippen molar-refractivity contribution in [3.8, 4) is 0 Å². The molecule has 0 spiro atoms. The summed E-state index contributed by atoms with van der Waals surface area (Å²) in [5.74, 6) is 3.04. The summed E-state index contributed by atoms with van der Waals surface area (Å²) < 4.78 is 0.975. The maximum absolute atomic E-state index is 13.1. The average Bonchev–Trinajstić information content (AvgIpc) is 2.73. The number of amides is 2. The van der Waals surface area contributed by atoms with E-state index in [4.69, 9.17) is 0 Å². The second kappa shape index (κ2) is 7.96. The summed E-state index contributed by atoms with van der Waals surface area (Å²) in [5, 5.41) is 3.44. The van der Waals surface area contributed by atoms with Gasteiger partial charge in [0.25, 0.3) is 5.91 Å². The minimum atomic E-state index is 0.0373. The molecular weight excluding hydrogens is 440 g/mol. The quantitative estimate of drug-likeness (QED) is 0.668. The summed E-state index contributed by atoms with van der Waals surface area (Å²) in [4.78, 5) is 27.7. The van der Waals surface area contributed by atoms with Gasteiger partial charge in [-0.25, -0.2) is 0 Å². The molecule has 4 nitrogen and oxygen atoms in total. The molecule has 1 aromatic rings. The van der Waals surface area contributed by atoms with Crippen molar-refractivity contribution < 1.29 is 9.59 Å². The Hall–Kier alpha value is -1.36. The van der Waals surface area contributed by atoms with E-state index in [0.29, 0.717) is 18.5 Å². The molecule has 1 saturated heterocycles. The Labute approximate surface area is 188 Å². The third kappa shape index (κ3) is 3.83. The Morgan fingerprint density at radius 1 is 1.00 bits per heavy atom. The lowest BCUT2D eigenvalue weighted by atomic mass is 9.48. The number of hydrogen-bond donors (Lipinski definition) is 1. The minimum Gasteiger partial charge on any atom is -0.353 e. The first-order chi connectivity index (χ1) is 14.4. The van der Waals surface area contributed by atoms with Crippen LogP contribution in [0.1, 0.15) is 68.6 Å². The average molecular weight is 473 g/mol. The molecule has 2 amide bonds. The van der Waals surface area contributed by atoms with Crippen LogP contribution in [0.15, 0.2) is 28.7 Å². The van der Waals surface area contributed by atoms with E-state index in [2.05, 4.69) is 28.2 Å². The summed E-state index contributed by atoms with van der Waals surface area (Å²) in [5.41, 5.74) is 1.07. The lowest BCUT2D eigenvalue weighted by molar-refractivity contribution is -0.131. The zero-order valence-electron chi connectivity index (χ0n) is 17.9. The summed E-state index contributed by atoms with van der Waals surface area (Å²) in [6.45, 7) is 3.59. The van der Waals surface area contributed by atoms with Crippen molar-refractivity contribution >= 4 is 27.7 Å². The fraction of sp³-hybridized carbons (Fsp3) is 0.680. The van der Waals surface area contributed by atoms with Crippen molar-refractivity contribution in [3.63, 3.8) is 0 Å². The molecule has 5 heteroatoms. The number of hydrogen-bond acceptors (Lipinski definition) is 2. The molecule has 1 aliphatic heterocycles. The summed E-state index contributed by atoms with van der Waals surface area (Å²) in [6, 6.07) is 7.80. The smallest absolute Gasteiger partial charge is 0.253 e. The molecule has 162 valence electrons. The first-order valence-corrected chi connectivity index (χ1v) is 12.6. The molecule has 0 radical (unpaired) electrons. The van der Waals surface area contributed by atoms with E-state index >= 15 is 0 Å². The maximum atomic E-state index is 13.1. The van der Waals surface area contributed by atoms with Crippen molar-refractivity contribution in [2.75, 3.05) is 13.1 Å². The molecule has 1 N–H and O–H groups in total. The summed E-state index contributed by atoms with van der Waals surface area (Å²) >= 11 is 3.41. The monoisotopic (exact) mass is 472 g/mol. The zero-order chi connectivity index (χ0) is 20.9. The van der Waals surface area contributed by atoms with Gasteiger partial charge < -0.3 is 10.2 Å². The number of piperidine rings is 1. The van der Waals surface area contributed by atoms with E-state index in [9.17, 15) is 9.59 Å². The summed E-state index contributed by atoms with van der Waals surface area (Å²) in [6.07, 6.45) is 9.80. The largest absolute Gasteiger partial charge is 0.353 e. The van der Waals surface area contributed by atoms with Gasteiger partial charge in [-0.3, -0.25) is 9.59 Å². The SMILES string of the molecule is C[C@@H](NC(=O)C1CCN(C(=O)c2ccc(Br)cc2)CC1)C12CC3CC(CC(C3)C1)C2. The van der Waals surface area contributed by atoms with Gasteiger partial charge in [0.1, 0.15) is 0 Å². The number of halogens is 1. The molecule has 5 aliphatic rings. The minimum absolute atomic E-state index is 0.0373. The van der Waals surface area contributed by atoms with Crippen LogP contribution in [0.2, 0.25) is 0 Å². The normalized spacial score (nSPS) is 34.1. The van der Waals surface area contributed by atoms with Gasteiger partial charge in [-0.2, -0.15) is 0 Å². The van der Waals surface area contributed by atoms with Crippen LogP contribution in [-0.2, 0) is 4.79 Å². The van der Waals surface area contributed by atoms with Gasteiger partial charge in [-0.15, -0.1) is 0 Å². The topological polar surface area (TPSA) is 49.4 Å². The number of nitrogens with one attached hydrogen (secondary N) is 1. The van der Waals surface area contributed by atoms with Crippen LogP contribution in [0.4, 0.5) is 0 Å². The lowest BCUT2D eigenvalue weighted by Gasteiger charge is -2.59. The highest BCUT2D eigenvalue weighted by Gasteiger charge is 2.53. The molecule has 6 rings (SSSR count). The number of likely N-dealkylation sites (tertiary alicyclic amines) is 1. The van der Waals surface area contributed by atoms with Crippen LogP contribution in [-0.4, -0.2) is 35.8 Å². The third-order valence-corrected chi connectivity index (χ3v) is 9.14.